The third-order valence-electron chi connectivity index (χ3n) is 2.43. The Balaban J connectivity index is 2.86. The van der Waals surface area contributed by atoms with Crippen LogP contribution in [-0.2, 0) is 9.53 Å². The van der Waals surface area contributed by atoms with Crippen molar-refractivity contribution in [2.24, 2.45) is 0 Å². The maximum absolute atomic E-state index is 11.4. The molecule has 0 unspecified atom stereocenters. The van der Waals surface area contributed by atoms with Gasteiger partial charge in [0.2, 0.25) is 5.91 Å². The summed E-state index contributed by atoms with van der Waals surface area (Å²) in [5.74, 6) is -0.769. The van der Waals surface area contributed by atoms with Crippen LogP contribution >= 0.6 is 0 Å². The van der Waals surface area contributed by atoms with E-state index in [9.17, 15) is 19.7 Å². The molecule has 8 heteroatoms. The molecule has 0 aliphatic heterocycles. The van der Waals surface area contributed by atoms with E-state index in [0.29, 0.717) is 13.1 Å². The maximum atomic E-state index is 11.4. The predicted octanol–water partition coefficient (Wildman–Crippen LogP) is 0.929. The van der Waals surface area contributed by atoms with Crippen molar-refractivity contribution < 1.29 is 19.2 Å². The molecule has 0 atom stereocenters. The van der Waals surface area contributed by atoms with Gasteiger partial charge in [-0.2, -0.15) is 0 Å². The predicted molar refractivity (Wildman–Crippen MR) is 71.6 cm³/mol. The third kappa shape index (κ3) is 4.23. The molecule has 0 bridgehead atoms. The number of methoxy groups -OCH3 is 1. The summed E-state index contributed by atoms with van der Waals surface area (Å²) < 4.78 is 4.56. The fraction of sp³-hybridized carbons (Fsp3) is 0.333. The molecule has 0 aliphatic carbocycles. The van der Waals surface area contributed by atoms with Gasteiger partial charge in [0.15, 0.2) is 0 Å². The number of nitrogens with zero attached hydrogens (tertiary/aromatic N) is 1. The van der Waals surface area contributed by atoms with Gasteiger partial charge in [0.05, 0.1) is 17.6 Å². The highest BCUT2D eigenvalue weighted by atomic mass is 16.6. The molecule has 0 heterocycles. The zero-order chi connectivity index (χ0) is 15.1. The minimum atomic E-state index is -0.579. The van der Waals surface area contributed by atoms with E-state index in [0.717, 1.165) is 0 Å². The molecule has 8 nitrogen and oxygen atoms in total. The van der Waals surface area contributed by atoms with E-state index < -0.39 is 10.9 Å². The molecule has 20 heavy (non-hydrogen) atoms. The van der Waals surface area contributed by atoms with Gasteiger partial charge in [0, 0.05) is 26.1 Å². The molecule has 108 valence electrons. The Morgan fingerprint density at radius 1 is 1.35 bits per heavy atom. The number of nitro benzene ring substituents is 1. The monoisotopic (exact) mass is 281 g/mol. The van der Waals surface area contributed by atoms with E-state index in [1.54, 1.807) is 0 Å². The second-order valence-corrected chi connectivity index (χ2v) is 3.89. The van der Waals surface area contributed by atoms with Crippen molar-refractivity contribution in [3.05, 3.63) is 33.9 Å². The number of esters is 1. The molecule has 1 rings (SSSR count). The minimum Gasteiger partial charge on any atom is -0.465 e. The summed E-state index contributed by atoms with van der Waals surface area (Å²) in [6, 6.07) is 3.90. The summed E-state index contributed by atoms with van der Waals surface area (Å²) in [7, 11) is 1.23. The van der Waals surface area contributed by atoms with Gasteiger partial charge in [-0.3, -0.25) is 14.9 Å². The molecule has 0 aromatic heterocycles. The average Bonchev–Trinajstić information content (AvgIpc) is 2.42. The average molecular weight is 281 g/mol. The molecule has 0 radical (unpaired) electrons. The zero-order valence-electron chi connectivity index (χ0n) is 11.1. The van der Waals surface area contributed by atoms with E-state index in [2.05, 4.69) is 15.4 Å². The van der Waals surface area contributed by atoms with Crippen LogP contribution in [0.4, 0.5) is 11.4 Å². The first kappa shape index (κ1) is 15.4. The lowest BCUT2D eigenvalue weighted by molar-refractivity contribution is -0.384. The first-order chi connectivity index (χ1) is 9.45. The van der Waals surface area contributed by atoms with Gasteiger partial charge in [-0.05, 0) is 12.1 Å². The summed E-state index contributed by atoms with van der Waals surface area (Å²) in [5, 5.41) is 16.2. The topological polar surface area (TPSA) is 111 Å². The first-order valence-corrected chi connectivity index (χ1v) is 5.80. The number of amides is 1. The fourth-order valence-corrected chi connectivity index (χ4v) is 1.52. The molecule has 1 aromatic rings. The Labute approximate surface area is 115 Å². The van der Waals surface area contributed by atoms with E-state index in [4.69, 9.17) is 0 Å². The molecule has 0 saturated heterocycles. The number of carbonyl (C=O) groups excluding carboxylic acids is 2. The lowest BCUT2D eigenvalue weighted by Crippen LogP contribution is -2.26. The van der Waals surface area contributed by atoms with Crippen LogP contribution in [0.2, 0.25) is 0 Å². The van der Waals surface area contributed by atoms with Crippen LogP contribution < -0.4 is 10.6 Å². The Morgan fingerprint density at radius 3 is 2.60 bits per heavy atom. The second-order valence-electron chi connectivity index (χ2n) is 3.89. The first-order valence-electron chi connectivity index (χ1n) is 5.80. The second kappa shape index (κ2) is 7.07. The lowest BCUT2D eigenvalue weighted by Gasteiger charge is -2.09. The Bertz CT molecular complexity index is 530. The normalized spacial score (nSPS) is 9.70. The highest BCUT2D eigenvalue weighted by Crippen LogP contribution is 2.25. The van der Waals surface area contributed by atoms with E-state index in [1.807, 2.05) is 0 Å². The number of hydrogen-bond donors (Lipinski definition) is 2. The van der Waals surface area contributed by atoms with Gasteiger partial charge < -0.3 is 15.4 Å². The Kier molecular flexibility index (Phi) is 5.45. The van der Waals surface area contributed by atoms with Crippen molar-refractivity contribution in [1.29, 1.82) is 0 Å². The molecule has 1 amide bonds. The van der Waals surface area contributed by atoms with Crippen LogP contribution in [0.25, 0.3) is 0 Å². The van der Waals surface area contributed by atoms with Gasteiger partial charge in [-0.15, -0.1) is 0 Å². The highest BCUT2D eigenvalue weighted by molar-refractivity contribution is 5.91. The molecular formula is C12H15N3O5. The van der Waals surface area contributed by atoms with Gasteiger partial charge in [0.25, 0.3) is 5.69 Å². The van der Waals surface area contributed by atoms with Gasteiger partial charge >= 0.3 is 5.97 Å². The van der Waals surface area contributed by atoms with Gasteiger partial charge in [0.1, 0.15) is 5.69 Å². The molecule has 0 fully saturated rings. The number of ether oxygens (including phenoxy) is 1. The summed E-state index contributed by atoms with van der Waals surface area (Å²) in [5.41, 5.74) is 0.254. The minimum absolute atomic E-state index is 0.152. The van der Waals surface area contributed by atoms with Gasteiger partial charge in [-0.1, -0.05) is 0 Å². The van der Waals surface area contributed by atoms with E-state index in [-0.39, 0.29) is 22.8 Å². The summed E-state index contributed by atoms with van der Waals surface area (Å²) in [4.78, 5) is 32.4. The molecule has 0 aliphatic rings. The number of nitrogens with one attached hydrogen (secondary N) is 2. The zero-order valence-corrected chi connectivity index (χ0v) is 11.1. The number of rotatable bonds is 6. The molecule has 2 N–H and O–H groups in total. The van der Waals surface area contributed by atoms with Crippen LogP contribution in [0.1, 0.15) is 17.3 Å². The quantitative estimate of drug-likeness (QED) is 0.347. The number of benzene rings is 1. The lowest BCUT2D eigenvalue weighted by atomic mass is 10.1. The third-order valence-corrected chi connectivity index (χ3v) is 2.43. The molecular weight excluding hydrogens is 266 g/mol. The Hall–Kier alpha value is -2.64. The fourth-order valence-electron chi connectivity index (χ4n) is 1.52. The van der Waals surface area contributed by atoms with Crippen LogP contribution in [0, 0.1) is 10.1 Å². The van der Waals surface area contributed by atoms with Crippen LogP contribution in [0.5, 0.6) is 0 Å². The van der Waals surface area contributed by atoms with Crippen molar-refractivity contribution in [2.45, 2.75) is 6.92 Å². The maximum Gasteiger partial charge on any atom is 0.337 e. The molecule has 0 spiro atoms. The standard InChI is InChI=1S/C12H15N3O5/c1-8(16)13-5-6-14-10-7-9(12(17)20-2)3-4-11(10)15(18)19/h3-4,7,14H,5-6H2,1-2H3,(H,13,16). The Morgan fingerprint density at radius 2 is 2.05 bits per heavy atom. The highest BCUT2D eigenvalue weighted by Gasteiger charge is 2.16. The summed E-state index contributed by atoms with van der Waals surface area (Å²) in [6.45, 7) is 1.99. The SMILES string of the molecule is COC(=O)c1ccc([N+](=O)[O-])c(NCCNC(C)=O)c1. The number of carbonyl (C=O) groups is 2. The van der Waals surface area contributed by atoms with E-state index >= 15 is 0 Å². The number of hydrogen-bond acceptors (Lipinski definition) is 6. The summed E-state index contributed by atoms with van der Waals surface area (Å²) in [6.07, 6.45) is 0. The summed E-state index contributed by atoms with van der Waals surface area (Å²) >= 11 is 0. The van der Waals surface area contributed by atoms with Crippen molar-refractivity contribution in [3.63, 3.8) is 0 Å². The van der Waals surface area contributed by atoms with E-state index in [1.165, 1.54) is 32.2 Å². The van der Waals surface area contributed by atoms with Crippen molar-refractivity contribution in [2.75, 3.05) is 25.5 Å². The number of nitro groups is 1. The van der Waals surface area contributed by atoms with Crippen LogP contribution in [0.3, 0.4) is 0 Å². The van der Waals surface area contributed by atoms with Crippen molar-refractivity contribution >= 4 is 23.3 Å². The largest absolute Gasteiger partial charge is 0.465 e. The smallest absolute Gasteiger partial charge is 0.337 e. The van der Waals surface area contributed by atoms with Crippen LogP contribution in [-0.4, -0.2) is 37.0 Å². The van der Waals surface area contributed by atoms with Crippen LogP contribution in [0.15, 0.2) is 18.2 Å². The van der Waals surface area contributed by atoms with Crippen molar-refractivity contribution in [3.8, 4) is 0 Å². The van der Waals surface area contributed by atoms with Gasteiger partial charge in [-0.25, -0.2) is 4.79 Å². The number of anilines is 1. The molecule has 0 saturated carbocycles. The van der Waals surface area contributed by atoms with Crippen molar-refractivity contribution in [1.82, 2.24) is 5.32 Å². The molecule has 1 aromatic carbocycles.